The lowest BCUT2D eigenvalue weighted by Gasteiger charge is -2.22. The number of aliphatic carboxylic acids is 1. The molecule has 0 aliphatic heterocycles. The van der Waals surface area contributed by atoms with Crippen LogP contribution in [0.1, 0.15) is 36.8 Å². The molecular formula is C13H19NO2. The van der Waals surface area contributed by atoms with Crippen molar-refractivity contribution < 1.29 is 9.90 Å². The number of carboxylic acids is 1. The molecule has 0 aliphatic carbocycles. The summed E-state index contributed by atoms with van der Waals surface area (Å²) in [4.78, 5) is 11.0. The fourth-order valence-electron chi connectivity index (χ4n) is 2.01. The highest BCUT2D eigenvalue weighted by Crippen LogP contribution is 2.26. The van der Waals surface area contributed by atoms with Gasteiger partial charge in [-0.15, -0.1) is 0 Å². The highest BCUT2D eigenvalue weighted by Gasteiger charge is 2.25. The van der Waals surface area contributed by atoms with Gasteiger partial charge in [-0.1, -0.05) is 37.6 Å². The molecule has 3 heteroatoms. The summed E-state index contributed by atoms with van der Waals surface area (Å²) < 4.78 is 0. The van der Waals surface area contributed by atoms with E-state index in [1.165, 1.54) is 0 Å². The molecule has 1 aromatic carbocycles. The van der Waals surface area contributed by atoms with Gasteiger partial charge >= 0.3 is 5.97 Å². The van der Waals surface area contributed by atoms with E-state index in [1.807, 2.05) is 38.1 Å². The van der Waals surface area contributed by atoms with Crippen molar-refractivity contribution in [3.8, 4) is 0 Å². The molecule has 88 valence electrons. The molecule has 0 amide bonds. The maximum atomic E-state index is 11.0. The fraction of sp³-hybridized carbons (Fsp3) is 0.462. The van der Waals surface area contributed by atoms with Gasteiger partial charge in [0.15, 0.2) is 0 Å². The topological polar surface area (TPSA) is 63.3 Å². The van der Waals surface area contributed by atoms with Crippen LogP contribution < -0.4 is 5.73 Å². The number of carbonyl (C=O) groups is 1. The highest BCUT2D eigenvalue weighted by atomic mass is 16.4. The third-order valence-corrected chi connectivity index (χ3v) is 2.91. The first-order valence-electron chi connectivity index (χ1n) is 5.61. The van der Waals surface area contributed by atoms with E-state index in [4.69, 9.17) is 10.8 Å². The molecule has 1 aromatic rings. The first-order valence-corrected chi connectivity index (χ1v) is 5.61. The van der Waals surface area contributed by atoms with Crippen LogP contribution in [-0.2, 0) is 4.79 Å². The van der Waals surface area contributed by atoms with Gasteiger partial charge in [-0.05, 0) is 24.5 Å². The third kappa shape index (κ3) is 2.83. The van der Waals surface area contributed by atoms with Gasteiger partial charge in [0.2, 0.25) is 0 Å². The Bertz CT molecular complexity index is 363. The number of benzene rings is 1. The molecule has 0 radical (unpaired) electrons. The Kier molecular flexibility index (Phi) is 4.50. The molecule has 16 heavy (non-hydrogen) atoms. The van der Waals surface area contributed by atoms with Crippen LogP contribution in [0.3, 0.4) is 0 Å². The van der Waals surface area contributed by atoms with Crippen LogP contribution in [0.25, 0.3) is 0 Å². The van der Waals surface area contributed by atoms with Crippen molar-refractivity contribution in [1.82, 2.24) is 0 Å². The summed E-state index contributed by atoms with van der Waals surface area (Å²) in [6.45, 7) is 4.03. The second kappa shape index (κ2) is 5.66. The normalized spacial score (nSPS) is 14.4. The van der Waals surface area contributed by atoms with Crippen molar-refractivity contribution in [1.29, 1.82) is 0 Å². The van der Waals surface area contributed by atoms with Crippen LogP contribution in [0.2, 0.25) is 0 Å². The number of carboxylic acid groups (broad SMARTS) is 1. The van der Waals surface area contributed by atoms with E-state index in [2.05, 4.69) is 0 Å². The first kappa shape index (κ1) is 12.7. The zero-order valence-corrected chi connectivity index (χ0v) is 9.81. The van der Waals surface area contributed by atoms with Crippen LogP contribution in [0.15, 0.2) is 24.3 Å². The van der Waals surface area contributed by atoms with Crippen molar-refractivity contribution in [2.45, 2.75) is 38.6 Å². The summed E-state index contributed by atoms with van der Waals surface area (Å²) in [5.74, 6) is -1.02. The molecule has 0 aliphatic rings. The second-order valence-corrected chi connectivity index (χ2v) is 4.12. The fourth-order valence-corrected chi connectivity index (χ4v) is 2.01. The molecule has 2 atom stereocenters. The molecule has 0 aromatic heterocycles. The summed E-state index contributed by atoms with van der Waals surface area (Å²) in [6.07, 6.45) is 1.73. The van der Waals surface area contributed by atoms with Crippen LogP contribution in [0.4, 0.5) is 0 Å². The maximum Gasteiger partial charge on any atom is 0.321 e. The molecule has 0 fully saturated rings. The minimum atomic E-state index is -0.929. The smallest absolute Gasteiger partial charge is 0.321 e. The van der Waals surface area contributed by atoms with Gasteiger partial charge in [0.05, 0.1) is 0 Å². The Morgan fingerprint density at radius 1 is 1.44 bits per heavy atom. The highest BCUT2D eigenvalue weighted by molar-refractivity contribution is 5.74. The second-order valence-electron chi connectivity index (χ2n) is 4.12. The molecule has 0 saturated heterocycles. The van der Waals surface area contributed by atoms with Gasteiger partial charge in [0, 0.05) is 5.92 Å². The lowest BCUT2D eigenvalue weighted by atomic mass is 9.85. The summed E-state index contributed by atoms with van der Waals surface area (Å²) in [6, 6.07) is 7.03. The van der Waals surface area contributed by atoms with Crippen LogP contribution >= 0.6 is 0 Å². The summed E-state index contributed by atoms with van der Waals surface area (Å²) in [5.41, 5.74) is 7.91. The first-order chi connectivity index (χ1) is 7.57. The Morgan fingerprint density at radius 3 is 2.56 bits per heavy atom. The molecule has 0 spiro atoms. The molecule has 1 rings (SSSR count). The van der Waals surface area contributed by atoms with Gasteiger partial charge in [-0.25, -0.2) is 0 Å². The van der Waals surface area contributed by atoms with Crippen molar-refractivity contribution in [3.63, 3.8) is 0 Å². The predicted octanol–water partition coefficient (Wildman–Crippen LogP) is 2.29. The average Bonchev–Trinajstić information content (AvgIpc) is 2.26. The largest absolute Gasteiger partial charge is 0.480 e. The summed E-state index contributed by atoms with van der Waals surface area (Å²) >= 11 is 0. The molecule has 2 unspecified atom stereocenters. The maximum absolute atomic E-state index is 11.0. The SMILES string of the molecule is CCCC(c1ccccc1C)C(N)C(=O)O. The minimum Gasteiger partial charge on any atom is -0.480 e. The number of aryl methyl sites for hydroxylation is 1. The van der Waals surface area contributed by atoms with Crippen molar-refractivity contribution >= 4 is 5.97 Å². The molecule has 3 nitrogen and oxygen atoms in total. The van der Waals surface area contributed by atoms with Gasteiger partial charge < -0.3 is 10.8 Å². The summed E-state index contributed by atoms with van der Waals surface area (Å²) in [5, 5.41) is 9.01. The minimum absolute atomic E-state index is 0.0938. The van der Waals surface area contributed by atoms with Gasteiger partial charge in [-0.3, -0.25) is 4.79 Å². The van der Waals surface area contributed by atoms with Crippen LogP contribution in [0.5, 0.6) is 0 Å². The number of hydrogen-bond acceptors (Lipinski definition) is 2. The lowest BCUT2D eigenvalue weighted by Crippen LogP contribution is -2.36. The Labute approximate surface area is 96.3 Å². The number of hydrogen-bond donors (Lipinski definition) is 2. The quantitative estimate of drug-likeness (QED) is 0.801. The van der Waals surface area contributed by atoms with E-state index in [0.29, 0.717) is 0 Å². The molecule has 0 bridgehead atoms. The molecule has 0 saturated carbocycles. The Morgan fingerprint density at radius 2 is 2.06 bits per heavy atom. The predicted molar refractivity (Wildman–Crippen MR) is 64.4 cm³/mol. The van der Waals surface area contributed by atoms with Gasteiger partial charge in [0.1, 0.15) is 6.04 Å². The zero-order valence-electron chi connectivity index (χ0n) is 9.81. The van der Waals surface area contributed by atoms with E-state index >= 15 is 0 Å². The van der Waals surface area contributed by atoms with E-state index in [-0.39, 0.29) is 5.92 Å². The van der Waals surface area contributed by atoms with E-state index in [0.717, 1.165) is 24.0 Å². The summed E-state index contributed by atoms with van der Waals surface area (Å²) in [7, 11) is 0. The standard InChI is InChI=1S/C13H19NO2/c1-3-6-11(12(14)13(15)16)10-8-5-4-7-9(10)2/h4-5,7-8,11-12H,3,6,14H2,1-2H3,(H,15,16). The lowest BCUT2D eigenvalue weighted by molar-refractivity contribution is -0.139. The Hall–Kier alpha value is -1.35. The average molecular weight is 221 g/mol. The monoisotopic (exact) mass is 221 g/mol. The number of nitrogens with two attached hydrogens (primary N) is 1. The van der Waals surface area contributed by atoms with Crippen molar-refractivity contribution in [2.24, 2.45) is 5.73 Å². The van der Waals surface area contributed by atoms with Crippen LogP contribution in [-0.4, -0.2) is 17.1 Å². The van der Waals surface area contributed by atoms with E-state index < -0.39 is 12.0 Å². The van der Waals surface area contributed by atoms with Crippen molar-refractivity contribution in [2.75, 3.05) is 0 Å². The molecule has 3 N–H and O–H groups in total. The van der Waals surface area contributed by atoms with Crippen LogP contribution in [0, 0.1) is 6.92 Å². The van der Waals surface area contributed by atoms with E-state index in [1.54, 1.807) is 0 Å². The van der Waals surface area contributed by atoms with Gasteiger partial charge in [-0.2, -0.15) is 0 Å². The van der Waals surface area contributed by atoms with Crippen molar-refractivity contribution in [3.05, 3.63) is 35.4 Å². The zero-order chi connectivity index (χ0) is 12.1. The third-order valence-electron chi connectivity index (χ3n) is 2.91. The van der Waals surface area contributed by atoms with E-state index in [9.17, 15) is 4.79 Å². The molecule has 0 heterocycles. The Balaban J connectivity index is 3.02. The number of rotatable bonds is 5. The molecular weight excluding hydrogens is 202 g/mol. The van der Waals surface area contributed by atoms with Gasteiger partial charge in [0.25, 0.3) is 0 Å².